The first kappa shape index (κ1) is 18.4. The van der Waals surface area contributed by atoms with Crippen LogP contribution in [0.1, 0.15) is 14.9 Å². The largest absolute Gasteiger partial charge is 0.478 e. The molecule has 0 fully saturated rings. The van der Waals surface area contributed by atoms with Crippen molar-refractivity contribution < 1.29 is 24.2 Å². The summed E-state index contributed by atoms with van der Waals surface area (Å²) in [6.07, 6.45) is 1.56. The highest BCUT2D eigenvalue weighted by atomic mass is 16.6. The third kappa shape index (κ3) is 13.2. The molecule has 0 spiro atoms. The lowest BCUT2D eigenvalue weighted by Crippen LogP contribution is -2.07. The zero-order valence-electron chi connectivity index (χ0n) is 6.65. The summed E-state index contributed by atoms with van der Waals surface area (Å²) >= 11 is 0. The van der Waals surface area contributed by atoms with Crippen LogP contribution >= 0.6 is 0 Å². The van der Waals surface area contributed by atoms with Crippen LogP contribution in [0.3, 0.4) is 0 Å². The number of carboxylic acids is 1. The predicted molar refractivity (Wildman–Crippen MR) is 53.1 cm³/mol. The van der Waals surface area contributed by atoms with Crippen LogP contribution < -0.4 is 0 Å². The third-order valence-corrected chi connectivity index (χ3v) is 0.894. The van der Waals surface area contributed by atoms with Crippen molar-refractivity contribution in [2.45, 2.75) is 14.9 Å². The number of ether oxygens (including phenoxy) is 2. The van der Waals surface area contributed by atoms with Crippen LogP contribution in [0.4, 0.5) is 0 Å². The molecule has 0 rings (SSSR count). The Morgan fingerprint density at radius 2 is 1.79 bits per heavy atom. The summed E-state index contributed by atoms with van der Waals surface area (Å²) < 4.78 is 9.12. The van der Waals surface area contributed by atoms with E-state index in [0.717, 1.165) is 12.2 Å². The monoisotopic (exact) mass is 206 g/mol. The van der Waals surface area contributed by atoms with Gasteiger partial charge in [0.1, 0.15) is 6.61 Å². The Morgan fingerprint density at radius 3 is 2.21 bits per heavy atom. The number of hydrogen-bond acceptors (Lipinski definition) is 4. The van der Waals surface area contributed by atoms with Gasteiger partial charge in [-0.25, -0.2) is 9.59 Å². The van der Waals surface area contributed by atoms with Crippen LogP contribution in [-0.4, -0.2) is 37.4 Å². The van der Waals surface area contributed by atoms with Gasteiger partial charge in [0.15, 0.2) is 0 Å². The molecule has 0 heterocycles. The van der Waals surface area contributed by atoms with Gasteiger partial charge in [-0.1, -0.05) is 14.9 Å². The molecule has 5 heteroatoms. The maximum absolute atomic E-state index is 10.6. The van der Waals surface area contributed by atoms with Crippen molar-refractivity contribution in [1.29, 1.82) is 0 Å². The Balaban J connectivity index is -0.000000605. The molecular weight excluding hydrogens is 188 g/mol. The molecule has 0 saturated heterocycles. The van der Waals surface area contributed by atoms with Crippen molar-refractivity contribution in [3.8, 4) is 0 Å². The summed E-state index contributed by atoms with van der Waals surface area (Å²) in [6.45, 7) is 0.423. The minimum atomic E-state index is -1.18. The van der Waals surface area contributed by atoms with E-state index in [1.54, 1.807) is 0 Å². The van der Waals surface area contributed by atoms with E-state index in [2.05, 4.69) is 9.47 Å². The van der Waals surface area contributed by atoms with Gasteiger partial charge in [-0.2, -0.15) is 0 Å². The number of esters is 1. The maximum Gasteiger partial charge on any atom is 0.331 e. The van der Waals surface area contributed by atoms with Crippen molar-refractivity contribution in [3.05, 3.63) is 12.2 Å². The summed E-state index contributed by atoms with van der Waals surface area (Å²) in [5.41, 5.74) is 0. The van der Waals surface area contributed by atoms with Crippen LogP contribution in [0.2, 0.25) is 0 Å². The number of carbonyl (C=O) groups excluding carboxylic acids is 1. The Hall–Kier alpha value is -1.36. The van der Waals surface area contributed by atoms with Crippen molar-refractivity contribution >= 4 is 11.9 Å². The predicted octanol–water partition coefficient (Wildman–Crippen LogP) is 1.09. The van der Waals surface area contributed by atoms with Crippen LogP contribution in [-0.2, 0) is 19.1 Å². The lowest BCUT2D eigenvalue weighted by Gasteiger charge is -1.98. The molecule has 0 aliphatic carbocycles. The fourth-order valence-electron chi connectivity index (χ4n) is 0.413. The summed E-state index contributed by atoms with van der Waals surface area (Å²) in [5, 5.41) is 8.11. The summed E-state index contributed by atoms with van der Waals surface area (Å²) in [5.74, 6) is -1.87. The lowest BCUT2D eigenvalue weighted by molar-refractivity contribution is -0.139. The standard InChI is InChI=1S/C7H10O5.2CH4/c1-11-4-5-12-7(10)3-2-6(8)9;;/h2-3H,4-5H2,1H3,(H,8,9);2*1H4/b3-2+;;. The van der Waals surface area contributed by atoms with Gasteiger partial charge in [0.2, 0.25) is 0 Å². The van der Waals surface area contributed by atoms with E-state index >= 15 is 0 Å². The summed E-state index contributed by atoms with van der Waals surface area (Å²) in [6, 6.07) is 0. The highest BCUT2D eigenvalue weighted by Crippen LogP contribution is 1.82. The van der Waals surface area contributed by atoms with Gasteiger partial charge >= 0.3 is 11.9 Å². The Kier molecular flexibility index (Phi) is 15.3. The molecule has 84 valence electrons. The Morgan fingerprint density at radius 1 is 1.21 bits per heavy atom. The minimum absolute atomic E-state index is 0. The second-order valence-electron chi connectivity index (χ2n) is 1.83. The van der Waals surface area contributed by atoms with Gasteiger partial charge in [-0.15, -0.1) is 0 Å². The number of carbonyl (C=O) groups is 2. The van der Waals surface area contributed by atoms with E-state index < -0.39 is 11.9 Å². The van der Waals surface area contributed by atoms with Gasteiger partial charge in [0.05, 0.1) is 6.61 Å². The van der Waals surface area contributed by atoms with Crippen LogP contribution in [0.5, 0.6) is 0 Å². The maximum atomic E-state index is 10.6. The molecule has 0 aliphatic rings. The Labute approximate surface area is 84.3 Å². The fraction of sp³-hybridized carbons (Fsp3) is 0.556. The zero-order valence-corrected chi connectivity index (χ0v) is 6.65. The third-order valence-electron chi connectivity index (χ3n) is 0.894. The zero-order chi connectivity index (χ0) is 9.40. The number of aliphatic carboxylic acids is 1. The topological polar surface area (TPSA) is 72.8 Å². The minimum Gasteiger partial charge on any atom is -0.478 e. The molecule has 0 amide bonds. The first-order valence-corrected chi connectivity index (χ1v) is 3.23. The smallest absolute Gasteiger partial charge is 0.331 e. The summed E-state index contributed by atoms with van der Waals surface area (Å²) in [4.78, 5) is 20.5. The molecule has 0 aromatic rings. The highest BCUT2D eigenvalue weighted by Gasteiger charge is 1.96. The van der Waals surface area contributed by atoms with Crippen LogP contribution in [0.25, 0.3) is 0 Å². The molecule has 0 bridgehead atoms. The molecule has 14 heavy (non-hydrogen) atoms. The lowest BCUT2D eigenvalue weighted by atomic mass is 10.5. The normalized spacial score (nSPS) is 8.64. The first-order chi connectivity index (χ1) is 5.66. The average molecular weight is 206 g/mol. The first-order valence-electron chi connectivity index (χ1n) is 3.23. The molecule has 0 atom stereocenters. The second kappa shape index (κ2) is 11.6. The van der Waals surface area contributed by atoms with Crippen LogP contribution in [0.15, 0.2) is 12.2 Å². The number of rotatable bonds is 5. The molecule has 0 radical (unpaired) electrons. The van der Waals surface area contributed by atoms with Gasteiger partial charge < -0.3 is 14.6 Å². The van der Waals surface area contributed by atoms with Crippen LogP contribution in [0, 0.1) is 0 Å². The average Bonchev–Trinajstić information content (AvgIpc) is 2.01. The summed E-state index contributed by atoms with van der Waals surface area (Å²) in [7, 11) is 1.47. The van der Waals surface area contributed by atoms with E-state index in [-0.39, 0.29) is 21.5 Å². The molecule has 0 aromatic carbocycles. The molecule has 0 aliphatic heterocycles. The number of carboxylic acid groups (broad SMARTS) is 1. The van der Waals surface area contributed by atoms with Gasteiger partial charge in [0, 0.05) is 19.3 Å². The van der Waals surface area contributed by atoms with E-state index in [1.807, 2.05) is 0 Å². The number of hydrogen-bond donors (Lipinski definition) is 1. The number of methoxy groups -OCH3 is 1. The van der Waals surface area contributed by atoms with E-state index in [9.17, 15) is 9.59 Å². The molecule has 1 N–H and O–H groups in total. The highest BCUT2D eigenvalue weighted by molar-refractivity contribution is 5.90. The van der Waals surface area contributed by atoms with E-state index in [0.29, 0.717) is 6.61 Å². The molecule has 5 nitrogen and oxygen atoms in total. The van der Waals surface area contributed by atoms with Gasteiger partial charge in [-0.3, -0.25) is 0 Å². The quantitative estimate of drug-likeness (QED) is 0.414. The van der Waals surface area contributed by atoms with Gasteiger partial charge in [0.25, 0.3) is 0 Å². The second-order valence-corrected chi connectivity index (χ2v) is 1.83. The molecular formula is C9H18O5. The Bertz CT molecular complexity index is 186. The van der Waals surface area contributed by atoms with Crippen molar-refractivity contribution in [2.24, 2.45) is 0 Å². The SMILES string of the molecule is C.C.COCCOC(=O)/C=C/C(=O)O. The molecule has 0 aromatic heterocycles. The molecule has 0 saturated carbocycles. The van der Waals surface area contributed by atoms with Crippen molar-refractivity contribution in [2.75, 3.05) is 20.3 Å². The fourth-order valence-corrected chi connectivity index (χ4v) is 0.413. The van der Waals surface area contributed by atoms with Crippen molar-refractivity contribution in [1.82, 2.24) is 0 Å². The van der Waals surface area contributed by atoms with Gasteiger partial charge in [-0.05, 0) is 0 Å². The van der Waals surface area contributed by atoms with E-state index in [1.165, 1.54) is 7.11 Å². The van der Waals surface area contributed by atoms with Crippen molar-refractivity contribution in [3.63, 3.8) is 0 Å². The molecule has 0 unspecified atom stereocenters. The van der Waals surface area contributed by atoms with E-state index in [4.69, 9.17) is 5.11 Å².